The molecule has 128 valence electrons. The highest BCUT2D eigenvalue weighted by Gasteiger charge is 2.11. The minimum atomic E-state index is -0.186. The molecule has 1 saturated heterocycles. The van der Waals surface area contributed by atoms with Gasteiger partial charge in [-0.15, -0.1) is 24.0 Å². The molecular weight excluding hydrogens is 427 g/mol. The minimum absolute atomic E-state index is 0. The molecule has 1 aliphatic heterocycles. The van der Waals surface area contributed by atoms with E-state index in [2.05, 4.69) is 15.2 Å². The van der Waals surface area contributed by atoms with Gasteiger partial charge in [-0.3, -0.25) is 9.79 Å². The van der Waals surface area contributed by atoms with E-state index in [1.54, 1.807) is 24.3 Å². The smallest absolute Gasteiger partial charge is 0.252 e. The Balaban J connectivity index is 0.00000264. The summed E-state index contributed by atoms with van der Waals surface area (Å²) in [4.78, 5) is 18.4. The molecule has 3 N–H and O–H groups in total. The number of hydrogen-bond donors (Lipinski definition) is 2. The number of amides is 1. The van der Waals surface area contributed by atoms with E-state index in [0.29, 0.717) is 29.6 Å². The van der Waals surface area contributed by atoms with Crippen molar-refractivity contribution in [3.05, 3.63) is 34.9 Å². The van der Waals surface area contributed by atoms with Gasteiger partial charge in [-0.05, 0) is 25.0 Å². The predicted molar refractivity (Wildman–Crippen MR) is 106 cm³/mol. The fourth-order valence-electron chi connectivity index (χ4n) is 2.48. The molecule has 1 fully saturated rings. The second-order valence-corrected chi connectivity index (χ2v) is 5.78. The number of carbonyl (C=O) groups excluding carboxylic acids is 1. The predicted octanol–water partition coefficient (Wildman–Crippen LogP) is 2.88. The van der Waals surface area contributed by atoms with Gasteiger partial charge in [0, 0.05) is 19.6 Å². The number of nitrogens with two attached hydrogens (primary N) is 1. The molecule has 1 aliphatic rings. The summed E-state index contributed by atoms with van der Waals surface area (Å²) in [6, 6.07) is 6.99. The maximum absolute atomic E-state index is 12.0. The van der Waals surface area contributed by atoms with Crippen molar-refractivity contribution in [2.75, 3.05) is 26.2 Å². The highest BCUT2D eigenvalue weighted by Crippen LogP contribution is 2.14. The van der Waals surface area contributed by atoms with Crippen LogP contribution >= 0.6 is 35.6 Å². The summed E-state index contributed by atoms with van der Waals surface area (Å²) >= 11 is 5.98. The lowest BCUT2D eigenvalue weighted by molar-refractivity contribution is 0.0955. The van der Waals surface area contributed by atoms with E-state index in [0.717, 1.165) is 13.1 Å². The minimum Gasteiger partial charge on any atom is -0.370 e. The maximum atomic E-state index is 12.0. The first-order chi connectivity index (χ1) is 10.7. The van der Waals surface area contributed by atoms with Gasteiger partial charge in [-0.1, -0.05) is 36.6 Å². The normalized spacial score (nSPS) is 15.5. The summed E-state index contributed by atoms with van der Waals surface area (Å²) in [6.45, 7) is 2.86. The van der Waals surface area contributed by atoms with Crippen LogP contribution in [0.25, 0.3) is 0 Å². The lowest BCUT2D eigenvalue weighted by Crippen LogP contribution is -2.38. The summed E-state index contributed by atoms with van der Waals surface area (Å²) in [7, 11) is 0. The van der Waals surface area contributed by atoms with Gasteiger partial charge in [-0.2, -0.15) is 0 Å². The summed E-state index contributed by atoms with van der Waals surface area (Å²) in [5, 5.41) is 3.26. The summed E-state index contributed by atoms with van der Waals surface area (Å²) in [5.74, 6) is 0.392. The van der Waals surface area contributed by atoms with Crippen LogP contribution in [0.3, 0.4) is 0 Å². The van der Waals surface area contributed by atoms with E-state index in [1.807, 2.05) is 0 Å². The Morgan fingerprint density at radius 3 is 2.52 bits per heavy atom. The standard InChI is InChI=1S/C16H23ClN4O.HI/c17-14-8-4-3-7-13(14)15(22)19-9-10-20-16(18)21-11-5-1-2-6-12-21;/h3-4,7-8H,1-2,5-6,9-12H2,(H2,18,20)(H,19,22);1H. The molecule has 0 unspecified atom stereocenters. The summed E-state index contributed by atoms with van der Waals surface area (Å²) in [6.07, 6.45) is 4.86. The Morgan fingerprint density at radius 2 is 1.87 bits per heavy atom. The number of hydrogen-bond acceptors (Lipinski definition) is 2. The highest BCUT2D eigenvalue weighted by molar-refractivity contribution is 14.0. The number of aliphatic imine (C=N–C) groups is 1. The van der Waals surface area contributed by atoms with Crippen LogP contribution in [0.4, 0.5) is 0 Å². The number of carbonyl (C=O) groups is 1. The zero-order chi connectivity index (χ0) is 15.8. The van der Waals surface area contributed by atoms with Gasteiger partial charge in [-0.25, -0.2) is 0 Å². The summed E-state index contributed by atoms with van der Waals surface area (Å²) in [5.41, 5.74) is 6.49. The number of nitrogens with zero attached hydrogens (tertiary/aromatic N) is 2. The van der Waals surface area contributed by atoms with Gasteiger partial charge in [0.05, 0.1) is 17.1 Å². The van der Waals surface area contributed by atoms with Crippen LogP contribution in [0.2, 0.25) is 5.02 Å². The van der Waals surface area contributed by atoms with Gasteiger partial charge in [0.15, 0.2) is 5.96 Å². The molecule has 23 heavy (non-hydrogen) atoms. The maximum Gasteiger partial charge on any atom is 0.252 e. The van der Waals surface area contributed by atoms with Crippen LogP contribution in [0, 0.1) is 0 Å². The molecule has 0 radical (unpaired) electrons. The quantitative estimate of drug-likeness (QED) is 0.321. The van der Waals surface area contributed by atoms with Crippen LogP contribution in [0.15, 0.2) is 29.3 Å². The highest BCUT2D eigenvalue weighted by atomic mass is 127. The van der Waals surface area contributed by atoms with E-state index < -0.39 is 0 Å². The monoisotopic (exact) mass is 450 g/mol. The molecular formula is C16H24ClIN4O. The number of rotatable bonds is 4. The Bertz CT molecular complexity index is 531. The number of halogens is 2. The number of guanidine groups is 1. The van der Waals surface area contributed by atoms with E-state index in [1.165, 1.54) is 25.7 Å². The van der Waals surface area contributed by atoms with Gasteiger partial charge in [0.1, 0.15) is 0 Å². The third-order valence-electron chi connectivity index (χ3n) is 3.72. The largest absolute Gasteiger partial charge is 0.370 e. The van der Waals surface area contributed by atoms with Gasteiger partial charge >= 0.3 is 0 Å². The Labute approximate surface area is 159 Å². The van der Waals surface area contributed by atoms with Crippen molar-refractivity contribution in [2.45, 2.75) is 25.7 Å². The van der Waals surface area contributed by atoms with Crippen molar-refractivity contribution in [1.82, 2.24) is 10.2 Å². The third-order valence-corrected chi connectivity index (χ3v) is 4.05. The van der Waals surface area contributed by atoms with Crippen molar-refractivity contribution in [2.24, 2.45) is 10.7 Å². The van der Waals surface area contributed by atoms with Crippen LogP contribution < -0.4 is 11.1 Å². The molecule has 1 amide bonds. The number of benzene rings is 1. The van der Waals surface area contributed by atoms with E-state index in [9.17, 15) is 4.79 Å². The van der Waals surface area contributed by atoms with Gasteiger partial charge < -0.3 is 16.0 Å². The molecule has 2 rings (SSSR count). The molecule has 1 aromatic rings. The first-order valence-electron chi connectivity index (χ1n) is 7.76. The third kappa shape index (κ3) is 6.55. The second kappa shape index (κ2) is 10.7. The zero-order valence-corrected chi connectivity index (χ0v) is 16.2. The van der Waals surface area contributed by atoms with E-state index in [-0.39, 0.29) is 29.9 Å². The van der Waals surface area contributed by atoms with E-state index >= 15 is 0 Å². The summed E-state index contributed by atoms with van der Waals surface area (Å²) < 4.78 is 0. The van der Waals surface area contributed by atoms with Crippen molar-refractivity contribution in [3.8, 4) is 0 Å². The molecule has 1 heterocycles. The topological polar surface area (TPSA) is 70.7 Å². The Morgan fingerprint density at radius 1 is 1.22 bits per heavy atom. The fraction of sp³-hybridized carbons (Fsp3) is 0.500. The van der Waals surface area contributed by atoms with Crippen LogP contribution in [-0.2, 0) is 0 Å². The van der Waals surface area contributed by atoms with E-state index in [4.69, 9.17) is 17.3 Å². The van der Waals surface area contributed by atoms with Crippen LogP contribution in [0.1, 0.15) is 36.0 Å². The molecule has 1 aromatic carbocycles. The molecule has 0 atom stereocenters. The zero-order valence-electron chi connectivity index (χ0n) is 13.1. The Kier molecular flexibility index (Phi) is 9.31. The van der Waals surface area contributed by atoms with Crippen molar-refractivity contribution in [1.29, 1.82) is 0 Å². The molecule has 5 nitrogen and oxygen atoms in total. The lowest BCUT2D eigenvalue weighted by atomic mass is 10.2. The number of nitrogens with one attached hydrogen (secondary N) is 1. The Hall–Kier alpha value is -1.02. The molecule has 7 heteroatoms. The van der Waals surface area contributed by atoms with Crippen molar-refractivity contribution >= 4 is 47.4 Å². The average Bonchev–Trinajstić information content (AvgIpc) is 2.81. The molecule has 0 aliphatic carbocycles. The average molecular weight is 451 g/mol. The van der Waals surface area contributed by atoms with Crippen LogP contribution in [-0.4, -0.2) is 42.9 Å². The first kappa shape index (κ1) is 20.0. The number of likely N-dealkylation sites (tertiary alicyclic amines) is 1. The van der Waals surface area contributed by atoms with Crippen molar-refractivity contribution in [3.63, 3.8) is 0 Å². The lowest BCUT2D eigenvalue weighted by Gasteiger charge is -2.21. The molecule has 0 saturated carbocycles. The molecule has 0 aromatic heterocycles. The molecule has 0 bridgehead atoms. The van der Waals surface area contributed by atoms with Crippen LogP contribution in [0.5, 0.6) is 0 Å². The SMILES string of the molecule is I.NC(=NCCNC(=O)c1ccccc1Cl)N1CCCCCC1. The first-order valence-corrected chi connectivity index (χ1v) is 8.14. The fourth-order valence-corrected chi connectivity index (χ4v) is 2.70. The van der Waals surface area contributed by atoms with Gasteiger partial charge in [0.25, 0.3) is 5.91 Å². The van der Waals surface area contributed by atoms with Gasteiger partial charge in [0.2, 0.25) is 0 Å². The second-order valence-electron chi connectivity index (χ2n) is 5.38. The molecule has 0 spiro atoms. The van der Waals surface area contributed by atoms with Crippen molar-refractivity contribution < 1.29 is 4.79 Å².